The molecule has 0 fully saturated rings. The number of rotatable bonds is 18. The molecule has 0 rings (SSSR count). The van der Waals surface area contributed by atoms with Gasteiger partial charge in [-0.3, -0.25) is 13.6 Å². The van der Waals surface area contributed by atoms with Crippen LogP contribution in [0.25, 0.3) is 0 Å². The Labute approximate surface area is 165 Å². The van der Waals surface area contributed by atoms with Gasteiger partial charge in [-0.05, 0) is 19.8 Å². The molecular weight excluding hydrogens is 359 g/mol. The second-order valence-corrected chi connectivity index (χ2v) is 7.74. The number of hydrogen-bond acceptors (Lipinski definition) is 4. The molecule has 0 aromatic carbocycles. The molecule has 0 aromatic heterocycles. The summed E-state index contributed by atoms with van der Waals surface area (Å²) in [4.78, 5) is 0. The first-order valence-corrected chi connectivity index (χ1v) is 11.2. The molecule has 0 amide bonds. The van der Waals surface area contributed by atoms with Crippen molar-refractivity contribution in [1.29, 1.82) is 0 Å². The second kappa shape index (κ2) is 20.1. The summed E-state index contributed by atoms with van der Waals surface area (Å²) >= 11 is 0. The zero-order valence-corrected chi connectivity index (χ0v) is 18.6. The molecule has 0 atom stereocenters. The van der Waals surface area contributed by atoms with Crippen LogP contribution in [0.3, 0.4) is 0 Å². The second-order valence-electron chi connectivity index (χ2n) is 6.07. The smallest absolute Gasteiger partial charge is 0.287 e. The fraction of sp³-hybridized carbons (Fsp3) is 1.00. The summed E-state index contributed by atoms with van der Waals surface area (Å²) in [7, 11) is -3.34. The topological polar surface area (TPSA) is 44.8 Å². The Bertz CT molecular complexity index is 268. The number of unbranched alkanes of at least 4 members (excludes halogenated alkanes) is 10. The Morgan fingerprint density at radius 1 is 0.583 bits per heavy atom. The number of phosphoric ester groups is 1. The van der Waals surface area contributed by atoms with Crippen molar-refractivity contribution in [2.45, 2.75) is 97.8 Å². The Morgan fingerprint density at radius 2 is 0.958 bits per heavy atom. The van der Waals surface area contributed by atoms with Crippen molar-refractivity contribution < 1.29 is 39.9 Å². The molecule has 0 saturated carbocycles. The van der Waals surface area contributed by atoms with Crippen LogP contribution in [0.5, 0.6) is 0 Å². The van der Waals surface area contributed by atoms with Gasteiger partial charge in [-0.2, -0.15) is 0 Å². The van der Waals surface area contributed by atoms with Crippen molar-refractivity contribution in [3.05, 3.63) is 0 Å². The zero-order valence-electron chi connectivity index (χ0n) is 16.2. The van der Waals surface area contributed by atoms with Gasteiger partial charge in [-0.25, -0.2) is 4.57 Å². The maximum atomic E-state index is 12.4. The summed E-state index contributed by atoms with van der Waals surface area (Å²) in [6.45, 7) is 7.50. The van der Waals surface area contributed by atoms with Gasteiger partial charge in [0.1, 0.15) is 0 Å². The summed E-state index contributed by atoms with van der Waals surface area (Å²) in [6.07, 6.45) is 14.1. The molecular formula is C18H39O4PTi. The van der Waals surface area contributed by atoms with Crippen molar-refractivity contribution >= 4 is 7.82 Å². The normalized spacial score (nSPS) is 11.5. The minimum atomic E-state index is -3.34. The quantitative estimate of drug-likeness (QED) is 0.143. The molecule has 144 valence electrons. The van der Waals surface area contributed by atoms with Gasteiger partial charge in [0, 0.05) is 21.7 Å². The molecule has 0 unspecified atom stereocenters. The number of hydrogen-bond donors (Lipinski definition) is 0. The third-order valence-electron chi connectivity index (χ3n) is 3.78. The van der Waals surface area contributed by atoms with Gasteiger partial charge in [-0.15, -0.1) is 0 Å². The first kappa shape index (κ1) is 27.0. The maximum absolute atomic E-state index is 12.4. The fourth-order valence-corrected chi connectivity index (χ4v) is 3.63. The van der Waals surface area contributed by atoms with Gasteiger partial charge in [-0.1, -0.05) is 78.1 Å². The van der Waals surface area contributed by atoms with E-state index in [1.807, 2.05) is 6.92 Å². The number of phosphoric acid groups is 1. The first-order valence-electron chi connectivity index (χ1n) is 9.72. The summed E-state index contributed by atoms with van der Waals surface area (Å²) < 4.78 is 28.5. The first-order chi connectivity index (χ1) is 11.2. The van der Waals surface area contributed by atoms with Gasteiger partial charge in [0.2, 0.25) is 0 Å². The maximum Gasteiger partial charge on any atom is 0.474 e. The molecule has 0 radical (unpaired) electrons. The third-order valence-corrected chi connectivity index (χ3v) is 5.35. The van der Waals surface area contributed by atoms with Crippen molar-refractivity contribution in [2.75, 3.05) is 19.8 Å². The standard InChI is InChI=1S/C18H39O4P.Ti/c1-4-7-9-11-13-15-17-21-23(19,20-6-3)22-18-16-14-12-10-8-5-2;/h4-18H2,1-3H3;. The van der Waals surface area contributed by atoms with E-state index in [4.69, 9.17) is 13.6 Å². The van der Waals surface area contributed by atoms with Crippen LogP contribution >= 0.6 is 7.82 Å². The summed E-state index contributed by atoms with van der Waals surface area (Å²) in [5, 5.41) is 0. The van der Waals surface area contributed by atoms with E-state index < -0.39 is 7.82 Å². The average Bonchev–Trinajstić information content (AvgIpc) is 2.53. The van der Waals surface area contributed by atoms with Crippen LogP contribution in [-0.4, -0.2) is 19.8 Å². The van der Waals surface area contributed by atoms with E-state index in [0.717, 1.165) is 25.7 Å². The minimum Gasteiger partial charge on any atom is -0.287 e. The molecule has 0 saturated heterocycles. The van der Waals surface area contributed by atoms with Crippen molar-refractivity contribution in [3.63, 3.8) is 0 Å². The van der Waals surface area contributed by atoms with Gasteiger partial charge in [0.15, 0.2) is 0 Å². The van der Waals surface area contributed by atoms with Gasteiger partial charge < -0.3 is 0 Å². The van der Waals surface area contributed by atoms with Gasteiger partial charge in [0.05, 0.1) is 19.8 Å². The Hall–Kier alpha value is 0.824. The van der Waals surface area contributed by atoms with E-state index in [2.05, 4.69) is 13.8 Å². The van der Waals surface area contributed by atoms with E-state index >= 15 is 0 Å². The molecule has 6 heteroatoms. The third kappa shape index (κ3) is 17.6. The van der Waals surface area contributed by atoms with Crippen LogP contribution in [0.15, 0.2) is 0 Å². The molecule has 0 aliphatic carbocycles. The zero-order chi connectivity index (χ0) is 17.2. The van der Waals surface area contributed by atoms with Crippen LogP contribution in [-0.2, 0) is 39.9 Å². The Kier molecular flexibility index (Phi) is 22.7. The van der Waals surface area contributed by atoms with E-state index in [9.17, 15) is 4.57 Å². The van der Waals surface area contributed by atoms with Crippen LogP contribution in [0.1, 0.15) is 97.8 Å². The largest absolute Gasteiger partial charge is 0.474 e. The van der Waals surface area contributed by atoms with Gasteiger partial charge >= 0.3 is 7.82 Å². The summed E-state index contributed by atoms with van der Waals surface area (Å²) in [5.41, 5.74) is 0. The predicted octanol–water partition coefficient (Wildman–Crippen LogP) is 6.88. The van der Waals surface area contributed by atoms with E-state index in [-0.39, 0.29) is 21.7 Å². The average molecular weight is 398 g/mol. The summed E-state index contributed by atoms with van der Waals surface area (Å²) in [6, 6.07) is 0. The molecule has 0 aliphatic heterocycles. The van der Waals surface area contributed by atoms with E-state index in [0.29, 0.717) is 19.8 Å². The molecule has 0 aromatic rings. The fourth-order valence-electron chi connectivity index (χ4n) is 2.39. The Balaban J connectivity index is 0. The predicted molar refractivity (Wildman–Crippen MR) is 97.9 cm³/mol. The molecule has 0 heterocycles. The molecule has 0 spiro atoms. The molecule has 0 bridgehead atoms. The monoisotopic (exact) mass is 398 g/mol. The summed E-state index contributed by atoms with van der Waals surface area (Å²) in [5.74, 6) is 0. The van der Waals surface area contributed by atoms with Crippen molar-refractivity contribution in [1.82, 2.24) is 0 Å². The van der Waals surface area contributed by atoms with Crippen molar-refractivity contribution in [2.24, 2.45) is 0 Å². The molecule has 24 heavy (non-hydrogen) atoms. The SMILES string of the molecule is CCCCCCCCOP(=O)(OCC)OCCCCCCCC.[Ti]. The van der Waals surface area contributed by atoms with Crippen LogP contribution in [0.2, 0.25) is 0 Å². The van der Waals surface area contributed by atoms with Gasteiger partial charge in [0.25, 0.3) is 0 Å². The molecule has 4 nitrogen and oxygen atoms in total. The molecule has 0 aliphatic rings. The van der Waals surface area contributed by atoms with Crippen molar-refractivity contribution in [3.8, 4) is 0 Å². The van der Waals surface area contributed by atoms with E-state index in [1.54, 1.807) is 0 Å². The van der Waals surface area contributed by atoms with Crippen LogP contribution in [0.4, 0.5) is 0 Å². The Morgan fingerprint density at radius 3 is 1.33 bits per heavy atom. The van der Waals surface area contributed by atoms with E-state index in [1.165, 1.54) is 51.4 Å². The van der Waals surface area contributed by atoms with Crippen LogP contribution in [0, 0.1) is 0 Å². The minimum absolute atomic E-state index is 0. The van der Waals surface area contributed by atoms with Crippen LogP contribution < -0.4 is 0 Å². The molecule has 0 N–H and O–H groups in total.